The minimum Gasteiger partial charge on any atom is -0.391 e. The average molecular weight is 127 g/mol. The number of hydrogen-bond acceptors (Lipinski definition) is 1. The third kappa shape index (κ3) is 7.54. The minimum absolute atomic E-state index is 0.830. The van der Waals surface area contributed by atoms with E-state index >= 15 is 0 Å². The fourth-order valence-electron chi connectivity index (χ4n) is 0.714. The molecule has 0 saturated heterocycles. The van der Waals surface area contributed by atoms with Crippen LogP contribution in [0.4, 0.5) is 0 Å². The molecule has 0 saturated carbocycles. The van der Waals surface area contributed by atoms with Crippen LogP contribution in [0, 0.1) is 5.92 Å². The van der Waals surface area contributed by atoms with Crippen LogP contribution in [0.15, 0.2) is 12.8 Å². The fraction of sp³-hybridized carbons (Fsp3) is 0.750. The van der Waals surface area contributed by atoms with E-state index in [0.717, 1.165) is 12.5 Å². The van der Waals surface area contributed by atoms with E-state index in [9.17, 15) is 0 Å². The highest BCUT2D eigenvalue weighted by atomic mass is 14.8. The van der Waals surface area contributed by atoms with Crippen molar-refractivity contribution in [3.8, 4) is 0 Å². The molecule has 0 atom stereocenters. The van der Waals surface area contributed by atoms with Crippen LogP contribution in [0.2, 0.25) is 0 Å². The summed E-state index contributed by atoms with van der Waals surface area (Å²) in [5, 5.41) is 3.07. The van der Waals surface area contributed by atoms with Crippen molar-refractivity contribution in [2.75, 3.05) is 6.54 Å². The molecule has 0 unspecified atom stereocenters. The molecule has 0 amide bonds. The first-order valence-electron chi connectivity index (χ1n) is 3.61. The molecular weight excluding hydrogens is 110 g/mol. The summed E-state index contributed by atoms with van der Waals surface area (Å²) in [5.74, 6) is 0.830. The summed E-state index contributed by atoms with van der Waals surface area (Å²) in [4.78, 5) is 0. The van der Waals surface area contributed by atoms with Gasteiger partial charge in [0, 0.05) is 6.54 Å². The first kappa shape index (κ1) is 8.54. The number of hydrogen-bond donors (Lipinski definition) is 1. The summed E-state index contributed by atoms with van der Waals surface area (Å²) in [7, 11) is 0. The maximum Gasteiger partial charge on any atom is 0.0141 e. The van der Waals surface area contributed by atoms with Crippen LogP contribution in [-0.4, -0.2) is 6.54 Å². The zero-order valence-corrected chi connectivity index (χ0v) is 6.48. The molecular formula is C8H17N. The molecule has 1 heteroatoms. The lowest BCUT2D eigenvalue weighted by Crippen LogP contribution is -2.06. The summed E-state index contributed by atoms with van der Waals surface area (Å²) in [6, 6.07) is 0. The van der Waals surface area contributed by atoms with Crippen LogP contribution in [0.1, 0.15) is 26.7 Å². The monoisotopic (exact) mass is 127 g/mol. The Morgan fingerprint density at radius 1 is 1.56 bits per heavy atom. The summed E-state index contributed by atoms with van der Waals surface area (Å²) in [6.45, 7) is 9.13. The molecule has 0 aliphatic carbocycles. The Labute approximate surface area is 58.2 Å². The Kier molecular flexibility index (Phi) is 5.38. The normalized spacial score (nSPS) is 9.67. The van der Waals surface area contributed by atoms with Crippen molar-refractivity contribution in [2.24, 2.45) is 5.92 Å². The molecule has 0 aromatic carbocycles. The standard InChI is InChI=1S/C8H17N/c1-4-9-7-5-6-8(2)3/h4,8-9H,1,5-7H2,2-3H3. The van der Waals surface area contributed by atoms with E-state index in [1.54, 1.807) is 6.20 Å². The van der Waals surface area contributed by atoms with Gasteiger partial charge in [-0.05, 0) is 25.0 Å². The topological polar surface area (TPSA) is 12.0 Å². The highest BCUT2D eigenvalue weighted by Crippen LogP contribution is 2.01. The summed E-state index contributed by atoms with van der Waals surface area (Å²) in [6.07, 6.45) is 4.31. The largest absolute Gasteiger partial charge is 0.391 e. The van der Waals surface area contributed by atoms with Crippen LogP contribution in [0.25, 0.3) is 0 Å². The van der Waals surface area contributed by atoms with Crippen LogP contribution < -0.4 is 5.32 Å². The molecule has 0 heterocycles. The van der Waals surface area contributed by atoms with Crippen LogP contribution in [0.5, 0.6) is 0 Å². The molecule has 9 heavy (non-hydrogen) atoms. The molecule has 54 valence electrons. The predicted octanol–water partition coefficient (Wildman–Crippen LogP) is 2.16. The van der Waals surface area contributed by atoms with Gasteiger partial charge in [-0.2, -0.15) is 0 Å². The third-order valence-electron chi connectivity index (χ3n) is 1.25. The maximum absolute atomic E-state index is 3.57. The molecule has 0 aromatic rings. The highest BCUT2D eigenvalue weighted by Gasteiger charge is 1.90. The van der Waals surface area contributed by atoms with E-state index in [1.165, 1.54) is 12.8 Å². The van der Waals surface area contributed by atoms with Crippen molar-refractivity contribution in [3.05, 3.63) is 12.8 Å². The predicted molar refractivity (Wildman–Crippen MR) is 42.3 cm³/mol. The first-order valence-corrected chi connectivity index (χ1v) is 3.61. The lowest BCUT2D eigenvalue weighted by Gasteiger charge is -2.02. The SMILES string of the molecule is C=CNCCCC(C)C. The summed E-state index contributed by atoms with van der Waals surface area (Å²) < 4.78 is 0. The Bertz CT molecular complexity index is 67.0. The maximum atomic E-state index is 3.57. The Morgan fingerprint density at radius 2 is 2.22 bits per heavy atom. The second-order valence-electron chi connectivity index (χ2n) is 2.69. The zero-order valence-electron chi connectivity index (χ0n) is 6.48. The average Bonchev–Trinajstić information content (AvgIpc) is 1.80. The van der Waals surface area contributed by atoms with Crippen LogP contribution >= 0.6 is 0 Å². The number of nitrogens with one attached hydrogen (secondary N) is 1. The molecule has 0 bridgehead atoms. The van der Waals surface area contributed by atoms with Gasteiger partial charge in [0.1, 0.15) is 0 Å². The van der Waals surface area contributed by atoms with Crippen molar-refractivity contribution in [2.45, 2.75) is 26.7 Å². The lowest BCUT2D eigenvalue weighted by molar-refractivity contribution is 0.548. The number of rotatable bonds is 5. The van der Waals surface area contributed by atoms with Crippen molar-refractivity contribution in [3.63, 3.8) is 0 Å². The molecule has 1 nitrogen and oxygen atoms in total. The van der Waals surface area contributed by atoms with E-state index in [1.807, 2.05) is 0 Å². The van der Waals surface area contributed by atoms with Gasteiger partial charge >= 0.3 is 0 Å². The lowest BCUT2D eigenvalue weighted by atomic mass is 10.1. The molecule has 0 spiro atoms. The van der Waals surface area contributed by atoms with Gasteiger partial charge in [0.15, 0.2) is 0 Å². The Morgan fingerprint density at radius 3 is 2.67 bits per heavy atom. The van der Waals surface area contributed by atoms with Crippen molar-refractivity contribution in [1.29, 1.82) is 0 Å². The smallest absolute Gasteiger partial charge is 0.0141 e. The Hall–Kier alpha value is -0.460. The quantitative estimate of drug-likeness (QED) is 0.558. The first-order chi connectivity index (χ1) is 4.27. The van der Waals surface area contributed by atoms with Gasteiger partial charge in [0.05, 0.1) is 0 Å². The van der Waals surface area contributed by atoms with E-state index in [0.29, 0.717) is 0 Å². The van der Waals surface area contributed by atoms with Crippen LogP contribution in [-0.2, 0) is 0 Å². The summed E-state index contributed by atoms with van der Waals surface area (Å²) >= 11 is 0. The molecule has 0 aliphatic heterocycles. The molecule has 0 aliphatic rings. The van der Waals surface area contributed by atoms with Gasteiger partial charge in [-0.15, -0.1) is 0 Å². The minimum atomic E-state index is 0.830. The fourth-order valence-corrected chi connectivity index (χ4v) is 0.714. The summed E-state index contributed by atoms with van der Waals surface area (Å²) in [5.41, 5.74) is 0. The van der Waals surface area contributed by atoms with Crippen molar-refractivity contribution >= 4 is 0 Å². The van der Waals surface area contributed by atoms with Gasteiger partial charge < -0.3 is 5.32 Å². The second kappa shape index (κ2) is 5.67. The van der Waals surface area contributed by atoms with E-state index < -0.39 is 0 Å². The second-order valence-corrected chi connectivity index (χ2v) is 2.69. The third-order valence-corrected chi connectivity index (χ3v) is 1.25. The van der Waals surface area contributed by atoms with E-state index in [2.05, 4.69) is 25.7 Å². The molecule has 0 fully saturated rings. The van der Waals surface area contributed by atoms with Gasteiger partial charge in [0.25, 0.3) is 0 Å². The van der Waals surface area contributed by atoms with Crippen LogP contribution in [0.3, 0.4) is 0 Å². The van der Waals surface area contributed by atoms with Gasteiger partial charge in [-0.1, -0.05) is 20.4 Å². The van der Waals surface area contributed by atoms with E-state index in [-0.39, 0.29) is 0 Å². The molecule has 0 rings (SSSR count). The molecule has 1 N–H and O–H groups in total. The van der Waals surface area contributed by atoms with Gasteiger partial charge in [-0.25, -0.2) is 0 Å². The Balaban J connectivity index is 2.82. The highest BCUT2D eigenvalue weighted by molar-refractivity contribution is 4.62. The molecule has 0 radical (unpaired) electrons. The van der Waals surface area contributed by atoms with Crippen molar-refractivity contribution < 1.29 is 0 Å². The van der Waals surface area contributed by atoms with Crippen molar-refractivity contribution in [1.82, 2.24) is 5.32 Å². The van der Waals surface area contributed by atoms with E-state index in [4.69, 9.17) is 0 Å². The molecule has 0 aromatic heterocycles. The zero-order chi connectivity index (χ0) is 7.11. The van der Waals surface area contributed by atoms with Gasteiger partial charge in [0.2, 0.25) is 0 Å². The van der Waals surface area contributed by atoms with Gasteiger partial charge in [-0.3, -0.25) is 0 Å².